The summed E-state index contributed by atoms with van der Waals surface area (Å²) in [6.45, 7) is 4.54. The summed E-state index contributed by atoms with van der Waals surface area (Å²) in [5, 5.41) is 9.77. The van der Waals surface area contributed by atoms with Gasteiger partial charge in [-0.3, -0.25) is 4.55 Å². The minimum atomic E-state index is -4.16. The third-order valence-electron chi connectivity index (χ3n) is 2.71. The van der Waals surface area contributed by atoms with Crippen molar-refractivity contribution in [1.82, 2.24) is 0 Å². The molecule has 6 nitrogen and oxygen atoms in total. The molecule has 0 aliphatic carbocycles. The highest BCUT2D eigenvalue weighted by atomic mass is 32.2. The predicted octanol–water partition coefficient (Wildman–Crippen LogP) is 1.36. The Morgan fingerprint density at radius 2 is 1.84 bits per heavy atom. The zero-order valence-electron chi connectivity index (χ0n) is 10.9. The molecule has 1 aromatic carbocycles. The fourth-order valence-corrected chi connectivity index (χ4v) is 2.10. The lowest BCUT2D eigenvalue weighted by Gasteiger charge is -2.12. The molecular weight excluding hydrogens is 272 g/mol. The molecule has 0 aliphatic rings. The van der Waals surface area contributed by atoms with Gasteiger partial charge in [0.05, 0.1) is 5.56 Å². The first-order chi connectivity index (χ1) is 8.63. The molecule has 0 saturated carbocycles. The monoisotopic (exact) mass is 288 g/mol. The smallest absolute Gasteiger partial charge is 0.338 e. The number of hydrogen-bond donors (Lipinski definition) is 2. The number of phenols is 1. The Balaban J connectivity index is 2.92. The summed E-state index contributed by atoms with van der Waals surface area (Å²) < 4.78 is 34.3. The average Bonchev–Trinajstić information content (AvgIpc) is 2.24. The van der Waals surface area contributed by atoms with Crippen LogP contribution in [0, 0.1) is 20.8 Å². The Bertz CT molecular complexity index is 603. The van der Waals surface area contributed by atoms with Gasteiger partial charge in [0.1, 0.15) is 18.1 Å². The van der Waals surface area contributed by atoms with E-state index < -0.39 is 28.4 Å². The van der Waals surface area contributed by atoms with Crippen molar-refractivity contribution < 1.29 is 27.6 Å². The number of ether oxygens (including phenoxy) is 1. The van der Waals surface area contributed by atoms with Crippen LogP contribution < -0.4 is 0 Å². The largest absolute Gasteiger partial charge is 0.507 e. The number of hydrogen-bond acceptors (Lipinski definition) is 5. The van der Waals surface area contributed by atoms with Gasteiger partial charge in [0, 0.05) is 5.56 Å². The topological polar surface area (TPSA) is 101 Å². The third kappa shape index (κ3) is 3.93. The van der Waals surface area contributed by atoms with Gasteiger partial charge in [-0.05, 0) is 31.9 Å². The first kappa shape index (κ1) is 15.5. The Kier molecular flexibility index (Phi) is 4.54. The number of rotatable bonds is 4. The van der Waals surface area contributed by atoms with Crippen LogP contribution in [-0.2, 0) is 14.9 Å². The third-order valence-corrected chi connectivity index (χ3v) is 3.39. The normalized spacial score (nSPS) is 11.4. The van der Waals surface area contributed by atoms with Crippen LogP contribution in [-0.4, -0.2) is 36.4 Å². The molecule has 0 unspecified atom stereocenters. The van der Waals surface area contributed by atoms with Gasteiger partial charge in [-0.1, -0.05) is 6.07 Å². The summed E-state index contributed by atoms with van der Waals surface area (Å²) in [5.41, 5.74) is 1.86. The zero-order chi connectivity index (χ0) is 14.8. The van der Waals surface area contributed by atoms with E-state index in [4.69, 9.17) is 9.29 Å². The molecule has 1 aromatic rings. The summed E-state index contributed by atoms with van der Waals surface area (Å²) in [7, 11) is -4.16. The lowest BCUT2D eigenvalue weighted by molar-refractivity contribution is 0.0526. The summed E-state index contributed by atoms with van der Waals surface area (Å²) in [4.78, 5) is 11.8. The summed E-state index contributed by atoms with van der Waals surface area (Å²) in [6, 6.07) is 1.64. The molecule has 0 aliphatic heterocycles. The van der Waals surface area contributed by atoms with E-state index in [1.165, 1.54) is 0 Å². The maximum Gasteiger partial charge on any atom is 0.338 e. The van der Waals surface area contributed by atoms with E-state index in [1.54, 1.807) is 26.8 Å². The van der Waals surface area contributed by atoms with Crippen LogP contribution in [0.4, 0.5) is 0 Å². The Labute approximate surface area is 111 Å². The SMILES string of the molecule is Cc1cc(C)c(C(=O)OCCS(=O)(=O)O)c(C)c1O. The second-order valence-electron chi connectivity index (χ2n) is 4.28. The fourth-order valence-electron chi connectivity index (χ4n) is 1.80. The maximum atomic E-state index is 11.8. The van der Waals surface area contributed by atoms with Crippen LogP contribution in [0.5, 0.6) is 5.75 Å². The average molecular weight is 288 g/mol. The summed E-state index contributed by atoms with van der Waals surface area (Å²) >= 11 is 0. The van der Waals surface area contributed by atoms with Crippen molar-refractivity contribution in [1.29, 1.82) is 0 Å². The van der Waals surface area contributed by atoms with Crippen LogP contribution in [0.3, 0.4) is 0 Å². The molecular formula is C12H16O6S. The van der Waals surface area contributed by atoms with Gasteiger partial charge in [-0.15, -0.1) is 0 Å². The lowest BCUT2D eigenvalue weighted by Crippen LogP contribution is -2.16. The minimum absolute atomic E-state index is 0.00679. The van der Waals surface area contributed by atoms with Crippen molar-refractivity contribution >= 4 is 16.1 Å². The van der Waals surface area contributed by atoms with E-state index in [2.05, 4.69) is 0 Å². The first-order valence-corrected chi connectivity index (χ1v) is 7.16. The highest BCUT2D eigenvalue weighted by Gasteiger charge is 2.18. The van der Waals surface area contributed by atoms with Crippen molar-refractivity contribution in [3.8, 4) is 5.75 Å². The number of carbonyl (C=O) groups is 1. The van der Waals surface area contributed by atoms with Crippen molar-refractivity contribution in [2.75, 3.05) is 12.4 Å². The van der Waals surface area contributed by atoms with Gasteiger partial charge in [0.15, 0.2) is 0 Å². The Morgan fingerprint density at radius 3 is 2.37 bits per heavy atom. The molecule has 7 heteroatoms. The summed E-state index contributed by atoms with van der Waals surface area (Å²) in [5.74, 6) is -1.38. The summed E-state index contributed by atoms with van der Waals surface area (Å²) in [6.07, 6.45) is 0. The van der Waals surface area contributed by atoms with Gasteiger partial charge in [-0.25, -0.2) is 4.79 Å². The van der Waals surface area contributed by atoms with E-state index in [9.17, 15) is 18.3 Å². The van der Waals surface area contributed by atoms with E-state index in [-0.39, 0.29) is 11.3 Å². The van der Waals surface area contributed by atoms with E-state index in [1.807, 2.05) is 0 Å². The Morgan fingerprint density at radius 1 is 1.26 bits per heavy atom. The van der Waals surface area contributed by atoms with Crippen LogP contribution in [0.1, 0.15) is 27.0 Å². The number of carbonyl (C=O) groups excluding carboxylic acids is 1. The highest BCUT2D eigenvalue weighted by Crippen LogP contribution is 2.28. The zero-order valence-corrected chi connectivity index (χ0v) is 11.7. The molecule has 0 fully saturated rings. The number of phenolic OH excluding ortho intramolecular Hbond substituents is 1. The van der Waals surface area contributed by atoms with Crippen LogP contribution >= 0.6 is 0 Å². The van der Waals surface area contributed by atoms with Crippen molar-refractivity contribution in [3.05, 3.63) is 28.3 Å². The maximum absolute atomic E-state index is 11.8. The highest BCUT2D eigenvalue weighted by molar-refractivity contribution is 7.85. The molecule has 2 N–H and O–H groups in total. The standard InChI is InChI=1S/C12H16O6S/c1-7-6-8(2)11(13)9(3)10(7)12(14)18-4-5-19(15,16)17/h6,13H,4-5H2,1-3H3,(H,15,16,17). The number of aromatic hydroxyl groups is 1. The fraction of sp³-hybridized carbons (Fsp3) is 0.417. The molecule has 0 saturated heterocycles. The van der Waals surface area contributed by atoms with Gasteiger partial charge in [-0.2, -0.15) is 8.42 Å². The molecule has 0 atom stereocenters. The number of aryl methyl sites for hydroxylation is 2. The quantitative estimate of drug-likeness (QED) is 0.641. The molecule has 19 heavy (non-hydrogen) atoms. The number of esters is 1. The second kappa shape index (κ2) is 5.58. The van der Waals surface area contributed by atoms with Gasteiger partial charge in [0.25, 0.3) is 10.1 Å². The molecule has 0 radical (unpaired) electrons. The van der Waals surface area contributed by atoms with E-state index in [0.29, 0.717) is 16.7 Å². The minimum Gasteiger partial charge on any atom is -0.507 e. The van der Waals surface area contributed by atoms with Crippen LogP contribution in [0.15, 0.2) is 6.07 Å². The van der Waals surface area contributed by atoms with Crippen molar-refractivity contribution in [2.24, 2.45) is 0 Å². The van der Waals surface area contributed by atoms with Gasteiger partial charge < -0.3 is 9.84 Å². The van der Waals surface area contributed by atoms with E-state index in [0.717, 1.165) is 0 Å². The lowest BCUT2D eigenvalue weighted by atomic mass is 9.98. The van der Waals surface area contributed by atoms with Crippen molar-refractivity contribution in [2.45, 2.75) is 20.8 Å². The molecule has 0 spiro atoms. The molecule has 106 valence electrons. The molecule has 0 heterocycles. The molecule has 0 bridgehead atoms. The van der Waals surface area contributed by atoms with Gasteiger partial charge in [0.2, 0.25) is 0 Å². The molecule has 1 rings (SSSR count). The predicted molar refractivity (Wildman–Crippen MR) is 69.0 cm³/mol. The van der Waals surface area contributed by atoms with Gasteiger partial charge >= 0.3 is 5.97 Å². The van der Waals surface area contributed by atoms with Crippen LogP contribution in [0.2, 0.25) is 0 Å². The van der Waals surface area contributed by atoms with Crippen LogP contribution in [0.25, 0.3) is 0 Å². The van der Waals surface area contributed by atoms with Crippen molar-refractivity contribution in [3.63, 3.8) is 0 Å². The second-order valence-corrected chi connectivity index (χ2v) is 5.85. The Hall–Kier alpha value is -1.60. The molecule has 0 aromatic heterocycles. The number of benzene rings is 1. The first-order valence-electron chi connectivity index (χ1n) is 5.55. The van der Waals surface area contributed by atoms with E-state index >= 15 is 0 Å². The molecule has 0 amide bonds.